The molecule has 0 spiro atoms. The SMILES string of the molecule is CCCCC/C=C\C/C=C\CCCCCC(=O)O[C@H](COC(=O)CCCCCCC/C=C\CCCCCCCC)CO[C@@H]1O[C@H](CO)[C@H](O)[C@H](O)[C@H]1O. The van der Waals surface area contributed by atoms with E-state index in [1.165, 1.54) is 64.2 Å². The number of carbonyl (C=O) groups excluding carboxylic acids is 2. The summed E-state index contributed by atoms with van der Waals surface area (Å²) in [6.07, 6.45) is 30.1. The van der Waals surface area contributed by atoms with E-state index in [1.54, 1.807) is 0 Å². The molecule has 1 aliphatic rings. The van der Waals surface area contributed by atoms with Crippen LogP contribution in [-0.4, -0.2) is 89.0 Å². The first-order chi connectivity index (χ1) is 25.8. The molecule has 1 rings (SSSR count). The Bertz CT molecular complexity index is 965. The van der Waals surface area contributed by atoms with Gasteiger partial charge >= 0.3 is 11.9 Å². The zero-order chi connectivity index (χ0) is 38.8. The van der Waals surface area contributed by atoms with E-state index in [0.717, 1.165) is 64.2 Å². The molecule has 1 fully saturated rings. The largest absolute Gasteiger partial charge is 0.462 e. The highest BCUT2D eigenvalue weighted by molar-refractivity contribution is 5.70. The highest BCUT2D eigenvalue weighted by atomic mass is 16.7. The molecular formula is C43H76O10. The number of hydrogen-bond acceptors (Lipinski definition) is 10. The minimum atomic E-state index is -1.60. The molecule has 0 saturated carbocycles. The van der Waals surface area contributed by atoms with Crippen LogP contribution in [0.2, 0.25) is 0 Å². The van der Waals surface area contributed by atoms with E-state index in [1.807, 2.05) is 0 Å². The Balaban J connectivity index is 2.39. The molecule has 1 heterocycles. The first kappa shape index (κ1) is 48.9. The van der Waals surface area contributed by atoms with E-state index in [-0.39, 0.29) is 26.1 Å². The van der Waals surface area contributed by atoms with Crippen molar-refractivity contribution in [3.05, 3.63) is 36.5 Å². The normalized spacial score (nSPS) is 21.2. The molecule has 0 aromatic rings. The number of rotatable bonds is 34. The summed E-state index contributed by atoms with van der Waals surface area (Å²) in [5.74, 6) is -0.846. The summed E-state index contributed by atoms with van der Waals surface area (Å²) in [6, 6.07) is 0. The highest BCUT2D eigenvalue weighted by Gasteiger charge is 2.44. The van der Waals surface area contributed by atoms with Gasteiger partial charge in [0.25, 0.3) is 0 Å². The van der Waals surface area contributed by atoms with Crippen LogP contribution >= 0.6 is 0 Å². The van der Waals surface area contributed by atoms with Crippen molar-refractivity contribution in [2.24, 2.45) is 0 Å². The van der Waals surface area contributed by atoms with Crippen molar-refractivity contribution in [2.75, 3.05) is 19.8 Å². The number of allylic oxidation sites excluding steroid dienone is 6. The van der Waals surface area contributed by atoms with Crippen molar-refractivity contribution in [2.45, 2.75) is 205 Å². The molecule has 0 aromatic carbocycles. The topological polar surface area (TPSA) is 152 Å². The van der Waals surface area contributed by atoms with Crippen molar-refractivity contribution in [3.63, 3.8) is 0 Å². The van der Waals surface area contributed by atoms with E-state index in [0.29, 0.717) is 12.8 Å². The van der Waals surface area contributed by atoms with Crippen LogP contribution in [0.15, 0.2) is 36.5 Å². The van der Waals surface area contributed by atoms with Crippen molar-refractivity contribution in [1.29, 1.82) is 0 Å². The first-order valence-corrected chi connectivity index (χ1v) is 21.1. The summed E-state index contributed by atoms with van der Waals surface area (Å²) in [5.41, 5.74) is 0. The third-order valence-electron chi connectivity index (χ3n) is 9.50. The van der Waals surface area contributed by atoms with E-state index < -0.39 is 55.4 Å². The average molecular weight is 753 g/mol. The summed E-state index contributed by atoms with van der Waals surface area (Å²) < 4.78 is 22.1. The average Bonchev–Trinajstić information content (AvgIpc) is 3.15. The van der Waals surface area contributed by atoms with Gasteiger partial charge in [-0.05, 0) is 70.6 Å². The van der Waals surface area contributed by atoms with Crippen LogP contribution in [0.1, 0.15) is 168 Å². The molecule has 0 unspecified atom stereocenters. The molecule has 0 amide bonds. The van der Waals surface area contributed by atoms with Crippen LogP contribution < -0.4 is 0 Å². The quantitative estimate of drug-likeness (QED) is 0.0287. The Morgan fingerprint density at radius 2 is 1.06 bits per heavy atom. The fourth-order valence-corrected chi connectivity index (χ4v) is 6.09. The van der Waals surface area contributed by atoms with E-state index in [2.05, 4.69) is 50.3 Å². The summed E-state index contributed by atoms with van der Waals surface area (Å²) in [7, 11) is 0. The van der Waals surface area contributed by atoms with Gasteiger partial charge in [0.2, 0.25) is 0 Å². The second-order valence-electron chi connectivity index (χ2n) is 14.4. The minimum absolute atomic E-state index is 0.198. The van der Waals surface area contributed by atoms with Gasteiger partial charge < -0.3 is 39.4 Å². The molecule has 0 bridgehead atoms. The first-order valence-electron chi connectivity index (χ1n) is 21.1. The number of unbranched alkanes of at least 4 members (excludes halogenated alkanes) is 17. The molecule has 53 heavy (non-hydrogen) atoms. The lowest BCUT2D eigenvalue weighted by atomic mass is 9.99. The monoisotopic (exact) mass is 753 g/mol. The minimum Gasteiger partial charge on any atom is -0.462 e. The standard InChI is InChI=1S/C43H76O10/c1-3-5-7-9-11-13-15-17-18-20-21-23-25-27-29-31-38(45)50-34-36(35-51-43-42(49)41(48)40(47)37(33-44)53-43)52-39(46)32-30-28-26-24-22-19-16-14-12-10-8-6-4-2/h12,14,17-19,22,36-37,40-44,47-49H,3-11,13,15-16,20-21,23-35H2,1-2H3/b14-12-,18-17-,22-19-/t36-,37-,40+,41+,42-,43-/m1/s1. The van der Waals surface area contributed by atoms with Gasteiger partial charge in [-0.15, -0.1) is 0 Å². The second kappa shape index (κ2) is 34.4. The Morgan fingerprint density at radius 3 is 1.64 bits per heavy atom. The van der Waals surface area contributed by atoms with Gasteiger partial charge in [-0.1, -0.05) is 121 Å². The molecule has 308 valence electrons. The van der Waals surface area contributed by atoms with Crippen LogP contribution in [0.4, 0.5) is 0 Å². The maximum absolute atomic E-state index is 12.7. The van der Waals surface area contributed by atoms with Crippen molar-refractivity contribution in [3.8, 4) is 0 Å². The van der Waals surface area contributed by atoms with Crippen LogP contribution in [0.25, 0.3) is 0 Å². The van der Waals surface area contributed by atoms with Crippen molar-refractivity contribution < 1.29 is 49.0 Å². The van der Waals surface area contributed by atoms with Crippen LogP contribution in [0, 0.1) is 0 Å². The number of carbonyl (C=O) groups is 2. The number of ether oxygens (including phenoxy) is 4. The number of aliphatic hydroxyl groups is 4. The molecule has 0 aliphatic carbocycles. The predicted octanol–water partition coefficient (Wildman–Crippen LogP) is 8.33. The molecule has 0 aromatic heterocycles. The summed E-state index contributed by atoms with van der Waals surface area (Å²) in [4.78, 5) is 25.2. The van der Waals surface area contributed by atoms with Gasteiger partial charge in [0.05, 0.1) is 13.2 Å². The number of aliphatic hydroxyl groups excluding tert-OH is 4. The maximum atomic E-state index is 12.7. The third kappa shape index (κ3) is 26.4. The lowest BCUT2D eigenvalue weighted by Gasteiger charge is -2.39. The van der Waals surface area contributed by atoms with Gasteiger partial charge in [-0.25, -0.2) is 0 Å². The second-order valence-corrected chi connectivity index (χ2v) is 14.4. The fourth-order valence-electron chi connectivity index (χ4n) is 6.09. The van der Waals surface area contributed by atoms with E-state index >= 15 is 0 Å². The van der Waals surface area contributed by atoms with Gasteiger partial charge in [-0.3, -0.25) is 9.59 Å². The summed E-state index contributed by atoms with van der Waals surface area (Å²) in [6.45, 7) is 3.34. The lowest BCUT2D eigenvalue weighted by molar-refractivity contribution is -0.305. The maximum Gasteiger partial charge on any atom is 0.306 e. The fraction of sp³-hybridized carbons (Fsp3) is 0.814. The van der Waals surface area contributed by atoms with E-state index in [4.69, 9.17) is 18.9 Å². The smallest absolute Gasteiger partial charge is 0.306 e. The molecular weight excluding hydrogens is 676 g/mol. The van der Waals surface area contributed by atoms with Crippen molar-refractivity contribution >= 4 is 11.9 Å². The Hall–Kier alpha value is -2.08. The molecule has 6 atom stereocenters. The molecule has 10 nitrogen and oxygen atoms in total. The van der Waals surface area contributed by atoms with Crippen molar-refractivity contribution in [1.82, 2.24) is 0 Å². The predicted molar refractivity (Wildman–Crippen MR) is 210 cm³/mol. The molecule has 0 radical (unpaired) electrons. The zero-order valence-corrected chi connectivity index (χ0v) is 33.3. The van der Waals surface area contributed by atoms with Crippen LogP contribution in [0.3, 0.4) is 0 Å². The van der Waals surface area contributed by atoms with E-state index in [9.17, 15) is 30.0 Å². The highest BCUT2D eigenvalue weighted by Crippen LogP contribution is 2.22. The molecule has 1 aliphatic heterocycles. The van der Waals surface area contributed by atoms with Gasteiger partial charge in [0.1, 0.15) is 31.0 Å². The third-order valence-corrected chi connectivity index (χ3v) is 9.50. The molecule has 1 saturated heterocycles. The molecule has 4 N–H and O–H groups in total. The van der Waals surface area contributed by atoms with Crippen LogP contribution in [0.5, 0.6) is 0 Å². The molecule has 10 heteroatoms. The van der Waals surface area contributed by atoms with Gasteiger partial charge in [0, 0.05) is 12.8 Å². The van der Waals surface area contributed by atoms with Gasteiger partial charge in [0.15, 0.2) is 12.4 Å². The zero-order valence-electron chi connectivity index (χ0n) is 33.3. The Morgan fingerprint density at radius 1 is 0.585 bits per heavy atom. The van der Waals surface area contributed by atoms with Crippen LogP contribution in [-0.2, 0) is 28.5 Å². The Kier molecular flexibility index (Phi) is 31.8. The van der Waals surface area contributed by atoms with Gasteiger partial charge in [-0.2, -0.15) is 0 Å². The number of esters is 2. The number of hydrogen-bond donors (Lipinski definition) is 4. The Labute approximate surface area is 321 Å². The summed E-state index contributed by atoms with van der Waals surface area (Å²) >= 11 is 0. The lowest BCUT2D eigenvalue weighted by Crippen LogP contribution is -2.59. The summed E-state index contributed by atoms with van der Waals surface area (Å²) in [5, 5.41) is 40.0.